The van der Waals surface area contributed by atoms with Gasteiger partial charge in [0.15, 0.2) is 0 Å². The molecular weight excluding hydrogens is 190 g/mol. The summed E-state index contributed by atoms with van der Waals surface area (Å²) in [6, 6.07) is 0. The Bertz CT molecular complexity index is 222. The Hall–Kier alpha value is -0.280. The van der Waals surface area contributed by atoms with Gasteiger partial charge in [-0.1, -0.05) is 6.42 Å². The van der Waals surface area contributed by atoms with Gasteiger partial charge in [0, 0.05) is 0 Å². The second-order valence-corrected chi connectivity index (χ2v) is 4.11. The van der Waals surface area contributed by atoms with Crippen molar-refractivity contribution in [2.75, 3.05) is 7.11 Å². The normalized spacial score (nSPS) is 41.4. The average Bonchev–Trinajstić information content (AvgIpc) is 2.62. The number of rotatable bonds is 1. The minimum absolute atomic E-state index is 0. The van der Waals surface area contributed by atoms with Crippen LogP contribution in [0.15, 0.2) is 0 Å². The molecule has 3 unspecified atom stereocenters. The molecule has 0 radical (unpaired) electrons. The van der Waals surface area contributed by atoms with Gasteiger partial charge in [0.05, 0.1) is 7.11 Å². The number of ether oxygens (including phenoxy) is 1. The molecule has 2 aliphatic carbocycles. The van der Waals surface area contributed by atoms with Gasteiger partial charge in [0.25, 0.3) is 0 Å². The first kappa shape index (κ1) is 10.8. The van der Waals surface area contributed by atoms with E-state index in [-0.39, 0.29) is 18.4 Å². The molecule has 0 aromatic rings. The van der Waals surface area contributed by atoms with Crippen LogP contribution in [0.1, 0.15) is 25.7 Å². The lowest BCUT2D eigenvalue weighted by Gasteiger charge is -2.30. The standard InChI is InChI=1S/C9H15NO2.ClH/c1-12-8(11)9(10)5-6-2-3-7(9)4-6;/h6-7H,2-5,10H2,1H3;1H. The van der Waals surface area contributed by atoms with Gasteiger partial charge in [-0.2, -0.15) is 0 Å². The van der Waals surface area contributed by atoms with Crippen molar-refractivity contribution in [3.05, 3.63) is 0 Å². The van der Waals surface area contributed by atoms with Crippen LogP contribution >= 0.6 is 12.4 Å². The fourth-order valence-electron chi connectivity index (χ4n) is 2.81. The third kappa shape index (κ3) is 1.44. The minimum Gasteiger partial charge on any atom is -0.468 e. The molecule has 0 aromatic carbocycles. The molecule has 76 valence electrons. The fraction of sp³-hybridized carbons (Fsp3) is 0.889. The molecule has 0 amide bonds. The first-order valence-corrected chi connectivity index (χ1v) is 4.54. The molecule has 3 nitrogen and oxygen atoms in total. The highest BCUT2D eigenvalue weighted by atomic mass is 35.5. The van der Waals surface area contributed by atoms with Gasteiger partial charge in [-0.25, -0.2) is 0 Å². The van der Waals surface area contributed by atoms with Crippen LogP contribution in [0.5, 0.6) is 0 Å². The average molecular weight is 206 g/mol. The number of hydrogen-bond donors (Lipinski definition) is 1. The molecule has 2 fully saturated rings. The second kappa shape index (κ2) is 3.46. The summed E-state index contributed by atoms with van der Waals surface area (Å²) in [5, 5.41) is 0. The Morgan fingerprint density at radius 3 is 2.62 bits per heavy atom. The van der Waals surface area contributed by atoms with E-state index < -0.39 is 5.54 Å². The summed E-state index contributed by atoms with van der Waals surface area (Å²) in [6.45, 7) is 0. The molecular formula is C9H16ClNO2. The van der Waals surface area contributed by atoms with Crippen molar-refractivity contribution in [2.45, 2.75) is 31.2 Å². The Morgan fingerprint density at radius 2 is 2.23 bits per heavy atom. The van der Waals surface area contributed by atoms with Crippen molar-refractivity contribution in [3.63, 3.8) is 0 Å². The molecule has 0 saturated heterocycles. The molecule has 4 heteroatoms. The topological polar surface area (TPSA) is 52.3 Å². The van der Waals surface area contributed by atoms with Crippen molar-refractivity contribution in [3.8, 4) is 0 Å². The summed E-state index contributed by atoms with van der Waals surface area (Å²) >= 11 is 0. The Morgan fingerprint density at radius 1 is 1.54 bits per heavy atom. The second-order valence-electron chi connectivity index (χ2n) is 4.11. The maximum atomic E-state index is 11.4. The third-order valence-corrected chi connectivity index (χ3v) is 3.46. The van der Waals surface area contributed by atoms with Gasteiger partial charge in [0.1, 0.15) is 5.54 Å². The molecule has 2 rings (SSSR count). The molecule has 2 saturated carbocycles. The number of nitrogens with two attached hydrogens (primary N) is 1. The molecule has 0 aliphatic heterocycles. The number of hydrogen-bond acceptors (Lipinski definition) is 3. The van der Waals surface area contributed by atoms with Crippen molar-refractivity contribution < 1.29 is 9.53 Å². The Balaban J connectivity index is 0.000000845. The quantitative estimate of drug-likeness (QED) is 0.653. The zero-order valence-electron chi connectivity index (χ0n) is 7.79. The monoisotopic (exact) mass is 205 g/mol. The van der Waals surface area contributed by atoms with E-state index in [1.807, 2.05) is 0 Å². The SMILES string of the molecule is COC(=O)C1(N)CC2CCC1C2.Cl. The third-order valence-electron chi connectivity index (χ3n) is 3.46. The van der Waals surface area contributed by atoms with Crippen molar-refractivity contribution in [2.24, 2.45) is 17.6 Å². The largest absolute Gasteiger partial charge is 0.468 e. The summed E-state index contributed by atoms with van der Waals surface area (Å²) in [5.41, 5.74) is 5.38. The smallest absolute Gasteiger partial charge is 0.326 e. The molecule has 0 aromatic heterocycles. The number of fused-ring (bicyclic) bond motifs is 2. The summed E-state index contributed by atoms with van der Waals surface area (Å²) in [5.74, 6) is 0.851. The number of methoxy groups -OCH3 is 1. The van der Waals surface area contributed by atoms with Crippen LogP contribution in [0.25, 0.3) is 0 Å². The first-order chi connectivity index (χ1) is 5.66. The van der Waals surface area contributed by atoms with Crippen LogP contribution < -0.4 is 5.73 Å². The molecule has 0 spiro atoms. The van der Waals surface area contributed by atoms with Crippen LogP contribution in [0.4, 0.5) is 0 Å². The van der Waals surface area contributed by atoms with Crippen molar-refractivity contribution >= 4 is 18.4 Å². The van der Waals surface area contributed by atoms with Crippen LogP contribution in [-0.2, 0) is 9.53 Å². The fourth-order valence-corrected chi connectivity index (χ4v) is 2.81. The van der Waals surface area contributed by atoms with E-state index in [0.717, 1.165) is 19.3 Å². The molecule has 0 heterocycles. The lowest BCUT2D eigenvalue weighted by molar-refractivity contribution is -0.149. The lowest BCUT2D eigenvalue weighted by atomic mass is 9.82. The van der Waals surface area contributed by atoms with Gasteiger partial charge < -0.3 is 10.5 Å². The zero-order valence-corrected chi connectivity index (χ0v) is 8.60. The first-order valence-electron chi connectivity index (χ1n) is 4.54. The zero-order chi connectivity index (χ0) is 8.77. The highest BCUT2D eigenvalue weighted by Crippen LogP contribution is 2.49. The van der Waals surface area contributed by atoms with Gasteiger partial charge in [0.2, 0.25) is 0 Å². The maximum Gasteiger partial charge on any atom is 0.326 e. The molecule has 2 N–H and O–H groups in total. The van der Waals surface area contributed by atoms with Crippen LogP contribution in [-0.4, -0.2) is 18.6 Å². The Labute approximate surface area is 84.4 Å². The summed E-state index contributed by atoms with van der Waals surface area (Å²) in [7, 11) is 1.42. The van der Waals surface area contributed by atoms with E-state index in [1.54, 1.807) is 0 Å². The highest BCUT2D eigenvalue weighted by molar-refractivity contribution is 5.85. The van der Waals surface area contributed by atoms with E-state index in [2.05, 4.69) is 0 Å². The maximum absolute atomic E-state index is 11.4. The lowest BCUT2D eigenvalue weighted by Crippen LogP contribution is -2.52. The van der Waals surface area contributed by atoms with E-state index in [0.29, 0.717) is 11.8 Å². The predicted octanol–water partition coefficient (Wildman–Crippen LogP) is 1.10. The molecule has 13 heavy (non-hydrogen) atoms. The summed E-state index contributed by atoms with van der Waals surface area (Å²) in [4.78, 5) is 11.4. The molecule has 3 atom stereocenters. The van der Waals surface area contributed by atoms with Crippen molar-refractivity contribution in [1.82, 2.24) is 0 Å². The highest BCUT2D eigenvalue weighted by Gasteiger charge is 2.53. The van der Waals surface area contributed by atoms with E-state index in [1.165, 1.54) is 13.5 Å². The number of esters is 1. The van der Waals surface area contributed by atoms with E-state index in [4.69, 9.17) is 10.5 Å². The molecule has 2 bridgehead atoms. The molecule has 2 aliphatic rings. The van der Waals surface area contributed by atoms with Crippen LogP contribution in [0.3, 0.4) is 0 Å². The van der Waals surface area contributed by atoms with E-state index in [9.17, 15) is 4.79 Å². The number of carbonyl (C=O) groups is 1. The van der Waals surface area contributed by atoms with E-state index >= 15 is 0 Å². The van der Waals surface area contributed by atoms with Crippen LogP contribution in [0.2, 0.25) is 0 Å². The predicted molar refractivity (Wildman–Crippen MR) is 51.6 cm³/mol. The number of halogens is 1. The van der Waals surface area contributed by atoms with Gasteiger partial charge in [-0.15, -0.1) is 12.4 Å². The minimum atomic E-state index is -0.641. The van der Waals surface area contributed by atoms with Crippen molar-refractivity contribution in [1.29, 1.82) is 0 Å². The van der Waals surface area contributed by atoms with Gasteiger partial charge in [-0.3, -0.25) is 4.79 Å². The number of carbonyl (C=O) groups excluding carboxylic acids is 1. The van der Waals surface area contributed by atoms with Crippen LogP contribution in [0, 0.1) is 11.8 Å². The van der Waals surface area contributed by atoms with Gasteiger partial charge in [-0.05, 0) is 31.1 Å². The summed E-state index contributed by atoms with van der Waals surface area (Å²) in [6.07, 6.45) is 4.33. The Kier molecular flexibility index (Phi) is 2.88. The van der Waals surface area contributed by atoms with Gasteiger partial charge >= 0.3 is 5.97 Å². The summed E-state index contributed by atoms with van der Waals surface area (Å²) < 4.78 is 4.73.